The number of benzene rings is 4. The lowest BCUT2D eigenvalue weighted by molar-refractivity contribution is -0.142. The Hall–Kier alpha value is -5.19. The molecule has 0 bridgehead atoms. The maximum absolute atomic E-state index is 12.7. The van der Waals surface area contributed by atoms with Gasteiger partial charge in [-0.05, 0) is 71.6 Å². The Balaban J connectivity index is 1.27. The second-order valence-corrected chi connectivity index (χ2v) is 11.3. The highest BCUT2D eigenvalue weighted by atomic mass is 16.5. The van der Waals surface area contributed by atoms with E-state index >= 15 is 0 Å². The number of aliphatic hydroxyl groups excluding tert-OH is 1. The molecular weight excluding hydrogens is 612 g/mol. The number of hydrogen-bond donors (Lipinski definition) is 3. The lowest BCUT2D eigenvalue weighted by Gasteiger charge is -2.27. The number of esters is 1. The van der Waals surface area contributed by atoms with E-state index in [2.05, 4.69) is 12.2 Å². The van der Waals surface area contributed by atoms with Crippen LogP contribution in [-0.4, -0.2) is 46.3 Å². The molecule has 3 N–H and O–H groups in total. The summed E-state index contributed by atoms with van der Waals surface area (Å²) in [6.07, 6.45) is 3.90. The second-order valence-electron chi connectivity index (χ2n) is 11.3. The molecule has 1 unspecified atom stereocenters. The zero-order valence-corrected chi connectivity index (χ0v) is 27.0. The number of aliphatic carboxylic acids is 1. The molecule has 4 rings (SSSR count). The molecule has 0 fully saturated rings. The van der Waals surface area contributed by atoms with Crippen LogP contribution in [0.5, 0.6) is 11.5 Å². The molecule has 48 heavy (non-hydrogen) atoms. The maximum Gasteiger partial charge on any atom is 0.411 e. The first-order chi connectivity index (χ1) is 23.3. The number of rotatable bonds is 18. The highest BCUT2D eigenvalue weighted by Crippen LogP contribution is 2.24. The summed E-state index contributed by atoms with van der Waals surface area (Å²) in [6.45, 7) is 2.62. The number of anilines is 1. The van der Waals surface area contributed by atoms with Crippen molar-refractivity contribution in [1.29, 1.82) is 0 Å². The van der Waals surface area contributed by atoms with Crippen molar-refractivity contribution in [3.8, 4) is 11.5 Å². The van der Waals surface area contributed by atoms with E-state index in [1.807, 2.05) is 30.3 Å². The molecule has 0 saturated heterocycles. The number of carbonyl (C=O) groups is 3. The van der Waals surface area contributed by atoms with Gasteiger partial charge in [0.25, 0.3) is 0 Å². The first-order valence-corrected chi connectivity index (χ1v) is 16.1. The van der Waals surface area contributed by atoms with Crippen molar-refractivity contribution in [3.63, 3.8) is 0 Å². The van der Waals surface area contributed by atoms with Crippen LogP contribution in [0.3, 0.4) is 0 Å². The van der Waals surface area contributed by atoms with Gasteiger partial charge < -0.3 is 24.4 Å². The molecule has 10 heteroatoms. The van der Waals surface area contributed by atoms with Crippen molar-refractivity contribution in [2.75, 3.05) is 18.5 Å². The van der Waals surface area contributed by atoms with Crippen molar-refractivity contribution in [2.45, 2.75) is 58.4 Å². The van der Waals surface area contributed by atoms with Crippen molar-refractivity contribution >= 4 is 23.7 Å². The number of ether oxygens (including phenoxy) is 3. The third kappa shape index (κ3) is 11.9. The van der Waals surface area contributed by atoms with Crippen LogP contribution >= 0.6 is 0 Å². The summed E-state index contributed by atoms with van der Waals surface area (Å²) in [5, 5.41) is 23.2. The van der Waals surface area contributed by atoms with Crippen LogP contribution in [0.4, 0.5) is 10.5 Å². The van der Waals surface area contributed by atoms with E-state index in [0.29, 0.717) is 40.5 Å². The number of carboxylic acid groups (broad SMARTS) is 1. The van der Waals surface area contributed by atoms with Crippen LogP contribution in [0.25, 0.3) is 0 Å². The normalized spacial score (nSPS) is 11.5. The molecule has 1 amide bonds. The fourth-order valence-electron chi connectivity index (χ4n) is 4.88. The van der Waals surface area contributed by atoms with Crippen molar-refractivity contribution in [3.05, 3.63) is 125 Å². The monoisotopic (exact) mass is 654 g/mol. The van der Waals surface area contributed by atoms with Gasteiger partial charge >= 0.3 is 18.0 Å². The van der Waals surface area contributed by atoms with Crippen LogP contribution in [0, 0.1) is 0 Å². The minimum atomic E-state index is -1.24. The SMILES string of the molecule is CCCCCCCOc1ccc(C(=O)Oc2ccc(CN(CC(=O)O)C(O)c3ccc(NC(=O)OCc4ccccc4)cc3)cc2)cc1. The standard InChI is InChI=1S/C38H42N2O8/c1-2-3-4-5-9-24-46-33-22-16-31(17-23-33)37(44)48-34-20-12-28(13-21-34)25-40(26-35(41)42)36(43)30-14-18-32(19-15-30)39-38(45)47-27-29-10-7-6-8-11-29/h6-8,10-23,36,43H,2-5,9,24-27H2,1H3,(H,39,45)(H,41,42). The topological polar surface area (TPSA) is 135 Å². The Bertz CT molecular complexity index is 1580. The molecule has 252 valence electrons. The maximum atomic E-state index is 12.7. The average molecular weight is 655 g/mol. The number of nitrogens with one attached hydrogen (secondary N) is 1. The molecule has 0 spiro atoms. The number of nitrogens with zero attached hydrogens (tertiary/aromatic N) is 1. The van der Waals surface area contributed by atoms with Gasteiger partial charge in [-0.1, -0.05) is 87.2 Å². The number of amides is 1. The largest absolute Gasteiger partial charge is 0.494 e. The highest BCUT2D eigenvalue weighted by Gasteiger charge is 2.21. The number of unbranched alkanes of at least 4 members (excludes halogenated alkanes) is 4. The van der Waals surface area contributed by atoms with Crippen molar-refractivity contribution in [1.82, 2.24) is 4.90 Å². The lowest BCUT2D eigenvalue weighted by Crippen LogP contribution is -2.33. The molecule has 0 aliphatic rings. The zero-order chi connectivity index (χ0) is 34.1. The molecule has 0 saturated carbocycles. The number of carboxylic acids is 1. The summed E-state index contributed by atoms with van der Waals surface area (Å²) in [5.74, 6) is -0.597. The minimum absolute atomic E-state index is 0.105. The minimum Gasteiger partial charge on any atom is -0.494 e. The fraction of sp³-hybridized carbons (Fsp3) is 0.289. The van der Waals surface area contributed by atoms with Gasteiger partial charge in [0.2, 0.25) is 0 Å². The predicted molar refractivity (Wildman–Crippen MR) is 182 cm³/mol. The van der Waals surface area contributed by atoms with E-state index in [9.17, 15) is 24.6 Å². The summed E-state index contributed by atoms with van der Waals surface area (Å²) in [5.41, 5.74) is 2.83. The molecule has 0 aliphatic carbocycles. The van der Waals surface area contributed by atoms with E-state index in [1.165, 1.54) is 24.2 Å². The lowest BCUT2D eigenvalue weighted by atomic mass is 10.1. The second kappa shape index (κ2) is 18.8. The first-order valence-electron chi connectivity index (χ1n) is 16.1. The molecular formula is C38H42N2O8. The number of carbonyl (C=O) groups excluding carboxylic acids is 2. The number of hydrogen-bond acceptors (Lipinski definition) is 8. The third-order valence-electron chi connectivity index (χ3n) is 7.48. The molecule has 0 heterocycles. The third-order valence-corrected chi connectivity index (χ3v) is 7.48. The summed E-state index contributed by atoms with van der Waals surface area (Å²) < 4.78 is 16.5. The molecule has 0 aromatic heterocycles. The van der Waals surface area contributed by atoms with Gasteiger partial charge in [-0.2, -0.15) is 0 Å². The Kier molecular flexibility index (Phi) is 14.0. The predicted octanol–water partition coefficient (Wildman–Crippen LogP) is 7.58. The number of aliphatic hydroxyl groups is 1. The van der Waals surface area contributed by atoms with Gasteiger partial charge in [-0.3, -0.25) is 15.0 Å². The summed E-state index contributed by atoms with van der Waals surface area (Å²) >= 11 is 0. The van der Waals surface area contributed by atoms with Crippen molar-refractivity contribution in [2.24, 2.45) is 0 Å². The molecule has 10 nitrogen and oxygen atoms in total. The van der Waals surface area contributed by atoms with Gasteiger partial charge in [0.05, 0.1) is 18.7 Å². The first kappa shape index (κ1) is 35.7. The summed E-state index contributed by atoms with van der Waals surface area (Å²) in [6, 6.07) is 29.1. The Morgan fingerprint density at radius 1 is 0.771 bits per heavy atom. The van der Waals surface area contributed by atoms with Crippen LogP contribution in [0.2, 0.25) is 0 Å². The summed E-state index contributed by atoms with van der Waals surface area (Å²) in [4.78, 5) is 37.9. The molecule has 0 aliphatic heterocycles. The van der Waals surface area contributed by atoms with E-state index < -0.39 is 30.8 Å². The van der Waals surface area contributed by atoms with Crippen LogP contribution in [0.1, 0.15) is 72.3 Å². The van der Waals surface area contributed by atoms with Gasteiger partial charge in [0, 0.05) is 12.2 Å². The van der Waals surface area contributed by atoms with Crippen LogP contribution in [0.15, 0.2) is 103 Å². The Morgan fingerprint density at radius 2 is 1.44 bits per heavy atom. The molecule has 0 radical (unpaired) electrons. The average Bonchev–Trinajstić information content (AvgIpc) is 3.10. The van der Waals surface area contributed by atoms with Crippen LogP contribution < -0.4 is 14.8 Å². The highest BCUT2D eigenvalue weighted by molar-refractivity contribution is 5.91. The Labute approximate surface area is 280 Å². The summed E-state index contributed by atoms with van der Waals surface area (Å²) in [7, 11) is 0. The molecule has 4 aromatic rings. The fourth-order valence-corrected chi connectivity index (χ4v) is 4.88. The molecule has 1 atom stereocenters. The smallest absolute Gasteiger partial charge is 0.411 e. The van der Waals surface area contributed by atoms with Crippen molar-refractivity contribution < 1.29 is 38.8 Å². The van der Waals surface area contributed by atoms with Gasteiger partial charge in [-0.15, -0.1) is 0 Å². The van der Waals surface area contributed by atoms with E-state index in [4.69, 9.17) is 14.2 Å². The Morgan fingerprint density at radius 3 is 2.10 bits per heavy atom. The van der Waals surface area contributed by atoms with Crippen LogP contribution in [-0.2, 0) is 22.7 Å². The zero-order valence-electron chi connectivity index (χ0n) is 27.0. The van der Waals surface area contributed by atoms with Gasteiger partial charge in [-0.25, -0.2) is 9.59 Å². The van der Waals surface area contributed by atoms with E-state index in [-0.39, 0.29) is 13.2 Å². The van der Waals surface area contributed by atoms with Gasteiger partial charge in [0.1, 0.15) is 24.3 Å². The van der Waals surface area contributed by atoms with E-state index in [1.54, 1.807) is 72.8 Å². The van der Waals surface area contributed by atoms with E-state index in [0.717, 1.165) is 18.4 Å². The van der Waals surface area contributed by atoms with Gasteiger partial charge in [0.15, 0.2) is 0 Å². The quantitative estimate of drug-likeness (QED) is 0.0429. The molecule has 4 aromatic carbocycles.